The molecule has 0 radical (unpaired) electrons. The van der Waals surface area contributed by atoms with Gasteiger partial charge in [-0.25, -0.2) is 0 Å². The van der Waals surface area contributed by atoms with Gasteiger partial charge in [0.15, 0.2) is 5.78 Å². The molecule has 0 spiro atoms. The molecule has 1 aromatic heterocycles. The summed E-state index contributed by atoms with van der Waals surface area (Å²) >= 11 is 5.61. The molecular weight excluding hydrogens is 292 g/mol. The Morgan fingerprint density at radius 1 is 1.29 bits per heavy atom. The Balaban J connectivity index is 2.57. The third-order valence-electron chi connectivity index (χ3n) is 3.49. The monoisotopic (exact) mass is 306 g/mol. The van der Waals surface area contributed by atoms with Gasteiger partial charge in [-0.3, -0.25) is 14.9 Å². The van der Waals surface area contributed by atoms with E-state index in [4.69, 9.17) is 11.6 Å². The van der Waals surface area contributed by atoms with E-state index in [9.17, 15) is 14.9 Å². The van der Waals surface area contributed by atoms with Crippen LogP contribution in [0.3, 0.4) is 0 Å². The molecule has 110 valence electrons. The first kappa shape index (κ1) is 15.3. The van der Waals surface area contributed by atoms with Gasteiger partial charge in [0, 0.05) is 34.3 Å². The zero-order valence-electron chi connectivity index (χ0n) is 12.0. The third kappa shape index (κ3) is 2.69. The highest BCUT2D eigenvalue weighted by Crippen LogP contribution is 2.25. The number of hydrogen-bond acceptors (Lipinski definition) is 3. The molecule has 0 unspecified atom stereocenters. The van der Waals surface area contributed by atoms with Gasteiger partial charge in [0.2, 0.25) is 0 Å². The molecule has 0 aliphatic heterocycles. The van der Waals surface area contributed by atoms with Gasteiger partial charge in [0.1, 0.15) is 0 Å². The molecule has 2 rings (SSSR count). The van der Waals surface area contributed by atoms with Crippen LogP contribution in [0.15, 0.2) is 24.3 Å². The largest absolute Gasteiger partial charge is 0.318 e. The average molecular weight is 307 g/mol. The first-order valence-electron chi connectivity index (χ1n) is 6.40. The van der Waals surface area contributed by atoms with Crippen LogP contribution < -0.4 is 0 Å². The predicted molar refractivity (Wildman–Crippen MR) is 81.7 cm³/mol. The molecule has 0 aliphatic rings. The fourth-order valence-electron chi connectivity index (χ4n) is 2.50. The number of nitro benzene ring substituents is 1. The number of halogens is 1. The molecule has 0 fully saturated rings. The standard InChI is InChI=1S/C15H15ClN2O3/c1-9-6-12(4-5-14(9)18(20)21)17-10(2)7-13(11(17)3)15(19)8-16/h4-7H,8H2,1-3H3. The summed E-state index contributed by atoms with van der Waals surface area (Å²) in [7, 11) is 0. The predicted octanol–water partition coefficient (Wildman–Crippen LogP) is 3.73. The molecule has 0 aliphatic carbocycles. The zero-order chi connectivity index (χ0) is 15.7. The summed E-state index contributed by atoms with van der Waals surface area (Å²) in [4.78, 5) is 22.3. The summed E-state index contributed by atoms with van der Waals surface area (Å²) in [5.74, 6) is -0.196. The van der Waals surface area contributed by atoms with Gasteiger partial charge in [-0.2, -0.15) is 0 Å². The highest BCUT2D eigenvalue weighted by atomic mass is 35.5. The van der Waals surface area contributed by atoms with Crippen LogP contribution in [0.5, 0.6) is 0 Å². The smallest absolute Gasteiger partial charge is 0.272 e. The van der Waals surface area contributed by atoms with E-state index < -0.39 is 4.92 Å². The number of rotatable bonds is 4. The molecule has 0 N–H and O–H groups in total. The van der Waals surface area contributed by atoms with Crippen molar-refractivity contribution in [2.75, 3.05) is 5.88 Å². The molecule has 1 heterocycles. The summed E-state index contributed by atoms with van der Waals surface area (Å²) in [6.45, 7) is 5.42. The summed E-state index contributed by atoms with van der Waals surface area (Å²) in [5.41, 5.74) is 3.70. The lowest BCUT2D eigenvalue weighted by molar-refractivity contribution is -0.385. The minimum Gasteiger partial charge on any atom is -0.318 e. The first-order valence-corrected chi connectivity index (χ1v) is 6.93. The zero-order valence-corrected chi connectivity index (χ0v) is 12.8. The molecule has 5 nitrogen and oxygen atoms in total. The topological polar surface area (TPSA) is 65.1 Å². The lowest BCUT2D eigenvalue weighted by atomic mass is 10.1. The van der Waals surface area contributed by atoms with Gasteiger partial charge in [-0.15, -0.1) is 11.6 Å². The fraction of sp³-hybridized carbons (Fsp3) is 0.267. The Morgan fingerprint density at radius 3 is 2.48 bits per heavy atom. The molecule has 0 saturated heterocycles. The number of benzene rings is 1. The number of carbonyl (C=O) groups excluding carboxylic acids is 1. The summed E-state index contributed by atoms with van der Waals surface area (Å²) < 4.78 is 1.90. The Kier molecular flexibility index (Phi) is 4.14. The molecule has 6 heteroatoms. The summed E-state index contributed by atoms with van der Waals surface area (Å²) in [6, 6.07) is 6.69. The number of hydrogen-bond donors (Lipinski definition) is 0. The number of aryl methyl sites for hydroxylation is 2. The number of aromatic nitrogens is 1. The number of alkyl halides is 1. The number of Topliss-reactive ketones (excluding diaryl/α,β-unsaturated/α-hetero) is 1. The maximum absolute atomic E-state index is 11.8. The van der Waals surface area contributed by atoms with Crippen molar-refractivity contribution in [2.24, 2.45) is 0 Å². The molecule has 1 aromatic carbocycles. The number of ketones is 1. The SMILES string of the molecule is Cc1cc(-n2c(C)cc(C(=O)CCl)c2C)ccc1[N+](=O)[O-]. The van der Waals surface area contributed by atoms with Gasteiger partial charge < -0.3 is 4.57 Å². The number of nitrogens with zero attached hydrogens (tertiary/aromatic N) is 2. The van der Waals surface area contributed by atoms with E-state index in [2.05, 4.69) is 0 Å². The Hall–Kier alpha value is -2.14. The van der Waals surface area contributed by atoms with E-state index in [1.54, 1.807) is 25.1 Å². The van der Waals surface area contributed by atoms with Gasteiger partial charge in [-0.05, 0) is 39.0 Å². The van der Waals surface area contributed by atoms with Crippen molar-refractivity contribution in [3.05, 3.63) is 56.9 Å². The van der Waals surface area contributed by atoms with Crippen LogP contribution in [0.2, 0.25) is 0 Å². The van der Waals surface area contributed by atoms with Crippen molar-refractivity contribution in [3.8, 4) is 5.69 Å². The number of nitro groups is 1. The molecule has 0 bridgehead atoms. The van der Waals surface area contributed by atoms with Crippen molar-refractivity contribution in [3.63, 3.8) is 0 Å². The highest BCUT2D eigenvalue weighted by Gasteiger charge is 2.17. The van der Waals surface area contributed by atoms with Gasteiger partial charge in [0.25, 0.3) is 5.69 Å². The molecule has 0 atom stereocenters. The minimum absolute atomic E-state index is 0.0659. The Labute approximate surface area is 127 Å². The second kappa shape index (κ2) is 5.69. The summed E-state index contributed by atoms with van der Waals surface area (Å²) in [5, 5.41) is 10.9. The maximum Gasteiger partial charge on any atom is 0.272 e. The van der Waals surface area contributed by atoms with Crippen molar-refractivity contribution < 1.29 is 9.72 Å². The summed E-state index contributed by atoms with van der Waals surface area (Å²) in [6.07, 6.45) is 0. The first-order chi connectivity index (χ1) is 9.86. The van der Waals surface area contributed by atoms with Crippen molar-refractivity contribution >= 4 is 23.1 Å². The van der Waals surface area contributed by atoms with Crippen LogP contribution in [0.1, 0.15) is 27.3 Å². The molecule has 2 aromatic rings. The van der Waals surface area contributed by atoms with Crippen molar-refractivity contribution in [2.45, 2.75) is 20.8 Å². The van der Waals surface area contributed by atoms with Crippen LogP contribution in [-0.4, -0.2) is 21.2 Å². The van der Waals surface area contributed by atoms with Crippen LogP contribution >= 0.6 is 11.6 Å². The minimum atomic E-state index is -0.406. The second-order valence-electron chi connectivity index (χ2n) is 4.90. The lowest BCUT2D eigenvalue weighted by Gasteiger charge is -2.10. The van der Waals surface area contributed by atoms with Gasteiger partial charge >= 0.3 is 0 Å². The van der Waals surface area contributed by atoms with Crippen molar-refractivity contribution in [1.29, 1.82) is 0 Å². The molecule has 21 heavy (non-hydrogen) atoms. The Bertz CT molecular complexity index is 735. The Morgan fingerprint density at radius 2 is 1.95 bits per heavy atom. The van der Waals surface area contributed by atoms with E-state index in [0.29, 0.717) is 11.1 Å². The second-order valence-corrected chi connectivity index (χ2v) is 5.17. The quantitative estimate of drug-likeness (QED) is 0.374. The molecular formula is C15H15ClN2O3. The third-order valence-corrected chi connectivity index (χ3v) is 3.73. The molecule has 0 saturated carbocycles. The van der Waals surface area contributed by atoms with Crippen LogP contribution in [0.4, 0.5) is 5.69 Å². The van der Waals surface area contributed by atoms with E-state index in [1.807, 2.05) is 18.4 Å². The van der Waals surface area contributed by atoms with Crippen molar-refractivity contribution in [1.82, 2.24) is 4.57 Å². The van der Waals surface area contributed by atoms with Gasteiger partial charge in [-0.1, -0.05) is 0 Å². The fourth-order valence-corrected chi connectivity index (χ4v) is 2.64. The molecule has 0 amide bonds. The van der Waals surface area contributed by atoms with Gasteiger partial charge in [0.05, 0.1) is 10.8 Å². The van der Waals surface area contributed by atoms with E-state index in [0.717, 1.165) is 17.1 Å². The highest BCUT2D eigenvalue weighted by molar-refractivity contribution is 6.30. The number of carbonyl (C=O) groups is 1. The van der Waals surface area contributed by atoms with E-state index in [1.165, 1.54) is 6.07 Å². The maximum atomic E-state index is 11.8. The van der Waals surface area contributed by atoms with Crippen LogP contribution in [0.25, 0.3) is 5.69 Å². The van der Waals surface area contributed by atoms with E-state index >= 15 is 0 Å². The van der Waals surface area contributed by atoms with Crippen LogP contribution in [0, 0.1) is 30.9 Å². The van der Waals surface area contributed by atoms with Crippen LogP contribution in [-0.2, 0) is 0 Å². The lowest BCUT2D eigenvalue weighted by Crippen LogP contribution is -2.04. The average Bonchev–Trinajstić information content (AvgIpc) is 2.72. The van der Waals surface area contributed by atoms with E-state index in [-0.39, 0.29) is 17.4 Å². The normalized spacial score (nSPS) is 10.7.